The highest BCUT2D eigenvalue weighted by Crippen LogP contribution is 2.25. The van der Waals surface area contributed by atoms with E-state index >= 15 is 0 Å². The number of anilines is 1. The van der Waals surface area contributed by atoms with Gasteiger partial charge < -0.3 is 20.4 Å². The van der Waals surface area contributed by atoms with Gasteiger partial charge in [0.2, 0.25) is 11.8 Å². The number of carbonyl (C=O) groups excluding carboxylic acids is 2. The van der Waals surface area contributed by atoms with Gasteiger partial charge in [0.05, 0.1) is 6.04 Å². The van der Waals surface area contributed by atoms with E-state index in [9.17, 15) is 9.59 Å². The van der Waals surface area contributed by atoms with Crippen molar-refractivity contribution >= 4 is 41.5 Å². The number of piperazine rings is 1. The molecule has 3 aliphatic rings. The molecule has 2 atom stereocenters. The number of likely N-dealkylation sites (tertiary alicyclic amines) is 1. The zero-order valence-corrected chi connectivity index (χ0v) is 26.8. The number of rotatable bonds is 10. The second-order valence-corrected chi connectivity index (χ2v) is 12.5. The number of fused-ring (bicyclic) bond motifs is 1. The lowest BCUT2D eigenvalue weighted by Gasteiger charge is -2.38. The smallest absolute Gasteiger partial charge is 0.237 e. The topological polar surface area (TPSA) is 67.9 Å². The average Bonchev–Trinajstić information content (AvgIpc) is 3.45. The Morgan fingerprint density at radius 3 is 2.41 bits per heavy atom. The zero-order chi connectivity index (χ0) is 29.6. The molecule has 9 heteroatoms. The third-order valence-corrected chi connectivity index (χ3v) is 9.42. The summed E-state index contributed by atoms with van der Waals surface area (Å²) in [5, 5.41) is 7.56. The first-order valence-corrected chi connectivity index (χ1v) is 16.1. The van der Waals surface area contributed by atoms with E-state index in [4.69, 9.17) is 11.6 Å². The van der Waals surface area contributed by atoms with Gasteiger partial charge in [0, 0.05) is 75.5 Å². The first-order chi connectivity index (χ1) is 21.0. The van der Waals surface area contributed by atoms with E-state index in [-0.39, 0.29) is 36.3 Å². The molecule has 0 aromatic heterocycles. The number of amides is 2. The molecule has 0 radical (unpaired) electrons. The van der Waals surface area contributed by atoms with Crippen LogP contribution in [0.25, 0.3) is 0 Å². The Labute approximate surface area is 272 Å². The number of para-hydroxylation sites is 1. The summed E-state index contributed by atoms with van der Waals surface area (Å²) in [5.41, 5.74) is 6.18. The Morgan fingerprint density at radius 1 is 0.932 bits per heavy atom. The van der Waals surface area contributed by atoms with Crippen molar-refractivity contribution in [1.82, 2.24) is 20.4 Å². The molecule has 0 bridgehead atoms. The fourth-order valence-electron chi connectivity index (χ4n) is 6.65. The molecule has 2 amide bonds. The van der Waals surface area contributed by atoms with Gasteiger partial charge in [-0.3, -0.25) is 14.5 Å². The van der Waals surface area contributed by atoms with Gasteiger partial charge in [-0.15, -0.1) is 12.4 Å². The van der Waals surface area contributed by atoms with Gasteiger partial charge >= 0.3 is 0 Å². The highest BCUT2D eigenvalue weighted by atomic mass is 35.5. The Kier molecular flexibility index (Phi) is 11.2. The number of nitrogens with one attached hydrogen (secondary N) is 2. The van der Waals surface area contributed by atoms with Gasteiger partial charge in [-0.2, -0.15) is 0 Å². The summed E-state index contributed by atoms with van der Waals surface area (Å²) in [5.74, 6) is 0.343. The van der Waals surface area contributed by atoms with Crippen LogP contribution in [0.5, 0.6) is 0 Å². The minimum absolute atomic E-state index is 0. The van der Waals surface area contributed by atoms with Crippen LogP contribution in [0.4, 0.5) is 5.69 Å². The number of benzene rings is 3. The molecular weight excluding hydrogens is 593 g/mol. The summed E-state index contributed by atoms with van der Waals surface area (Å²) in [7, 11) is 0. The maximum absolute atomic E-state index is 13.5. The highest BCUT2D eigenvalue weighted by Gasteiger charge is 2.27. The van der Waals surface area contributed by atoms with Gasteiger partial charge in [-0.25, -0.2) is 0 Å². The summed E-state index contributed by atoms with van der Waals surface area (Å²) >= 11 is 6.15. The summed E-state index contributed by atoms with van der Waals surface area (Å²) in [4.78, 5) is 32.7. The molecule has 3 aromatic rings. The minimum atomic E-state index is -0.220. The lowest BCUT2D eigenvalue weighted by atomic mass is 9.95. The van der Waals surface area contributed by atoms with E-state index in [1.54, 1.807) is 0 Å². The van der Waals surface area contributed by atoms with Crippen LogP contribution >= 0.6 is 24.0 Å². The molecule has 0 saturated carbocycles. The van der Waals surface area contributed by atoms with Crippen LogP contribution in [0.15, 0.2) is 72.8 Å². The van der Waals surface area contributed by atoms with Gasteiger partial charge in [0.15, 0.2) is 0 Å². The van der Waals surface area contributed by atoms with Crippen LogP contribution in [0.3, 0.4) is 0 Å². The third-order valence-electron chi connectivity index (χ3n) is 9.17. The first-order valence-electron chi connectivity index (χ1n) is 15.7. The van der Waals surface area contributed by atoms with Crippen molar-refractivity contribution in [1.29, 1.82) is 0 Å². The average molecular weight is 637 g/mol. The number of hydrogen-bond acceptors (Lipinski definition) is 5. The lowest BCUT2D eigenvalue weighted by molar-refractivity contribution is -0.128. The summed E-state index contributed by atoms with van der Waals surface area (Å²) < 4.78 is 0. The second-order valence-electron chi connectivity index (χ2n) is 12.1. The molecule has 3 aliphatic heterocycles. The van der Waals surface area contributed by atoms with Crippen molar-refractivity contribution in [3.8, 4) is 0 Å². The zero-order valence-electron chi connectivity index (χ0n) is 25.2. The highest BCUT2D eigenvalue weighted by molar-refractivity contribution is 6.30. The first kappa shape index (κ1) is 32.3. The maximum Gasteiger partial charge on any atom is 0.237 e. The fourth-order valence-corrected chi connectivity index (χ4v) is 6.78. The Bertz CT molecular complexity index is 1410. The summed E-state index contributed by atoms with van der Waals surface area (Å²) in [6.07, 6.45) is 4.00. The molecule has 234 valence electrons. The monoisotopic (exact) mass is 635 g/mol. The number of hydrogen-bond donors (Lipinski definition) is 2. The number of carbonyl (C=O) groups is 2. The molecule has 0 spiro atoms. The molecule has 2 N–H and O–H groups in total. The molecule has 3 heterocycles. The Balaban J connectivity index is 0.00000384. The summed E-state index contributed by atoms with van der Waals surface area (Å²) in [6, 6.07) is 24.7. The van der Waals surface area contributed by atoms with E-state index in [0.29, 0.717) is 19.4 Å². The minimum Gasteiger partial charge on any atom is -0.369 e. The molecule has 0 aliphatic carbocycles. The third kappa shape index (κ3) is 8.13. The number of nitrogens with zero attached hydrogens (tertiary/aromatic N) is 3. The van der Waals surface area contributed by atoms with E-state index in [1.807, 2.05) is 17.0 Å². The quantitative estimate of drug-likeness (QED) is 0.334. The largest absolute Gasteiger partial charge is 0.369 e. The molecule has 0 unspecified atom stereocenters. The molecule has 2 saturated heterocycles. The van der Waals surface area contributed by atoms with Crippen LogP contribution in [-0.4, -0.2) is 73.0 Å². The van der Waals surface area contributed by atoms with Crippen molar-refractivity contribution in [2.45, 2.75) is 57.3 Å². The van der Waals surface area contributed by atoms with Gasteiger partial charge in [0.1, 0.15) is 0 Å². The van der Waals surface area contributed by atoms with Crippen molar-refractivity contribution in [3.05, 3.63) is 100 Å². The Hall–Kier alpha value is -3.10. The number of halogens is 2. The molecule has 2 fully saturated rings. The van der Waals surface area contributed by atoms with E-state index in [1.165, 1.54) is 27.9 Å². The van der Waals surface area contributed by atoms with Crippen LogP contribution in [0, 0.1) is 0 Å². The van der Waals surface area contributed by atoms with Crippen LogP contribution in [0.1, 0.15) is 41.5 Å². The standard InChI is InChI=1S/C35H42ClN5O2.ClH/c36-30-13-11-26(12-14-30)22-31(38-35(43)32-23-27-6-1-2-7-28(27)24-37-32)15-17-39-18-20-40(21-19-39)33-9-4-3-8-29(33)25-41-16-5-10-34(41)42;/h1-4,6-9,11-14,31-32,37H,5,10,15-25H2,(H,38,43);1H/t31-,32-;/m1./s1. The normalized spacial score (nSPS) is 19.3. The molecule has 6 rings (SSSR count). The van der Waals surface area contributed by atoms with Gasteiger partial charge in [0.25, 0.3) is 0 Å². The van der Waals surface area contributed by atoms with Gasteiger partial charge in [-0.1, -0.05) is 66.2 Å². The van der Waals surface area contributed by atoms with Crippen molar-refractivity contribution in [2.24, 2.45) is 0 Å². The molecule has 3 aromatic carbocycles. The van der Waals surface area contributed by atoms with E-state index in [0.717, 1.165) is 70.1 Å². The summed E-state index contributed by atoms with van der Waals surface area (Å²) in [6.45, 7) is 7.05. The van der Waals surface area contributed by atoms with E-state index < -0.39 is 0 Å². The lowest BCUT2D eigenvalue weighted by Crippen LogP contribution is -2.52. The Morgan fingerprint density at radius 2 is 1.66 bits per heavy atom. The predicted octanol–water partition coefficient (Wildman–Crippen LogP) is 4.84. The van der Waals surface area contributed by atoms with Crippen LogP contribution in [0.2, 0.25) is 5.02 Å². The SMILES string of the molecule is Cl.O=C(N[C@H](CCN1CCN(c2ccccc2CN2CCCC2=O)CC1)Cc1ccc(Cl)cc1)[C@H]1Cc2ccccc2CN1. The molecule has 44 heavy (non-hydrogen) atoms. The van der Waals surface area contributed by atoms with Crippen molar-refractivity contribution < 1.29 is 9.59 Å². The van der Waals surface area contributed by atoms with Crippen molar-refractivity contribution in [2.75, 3.05) is 44.2 Å². The van der Waals surface area contributed by atoms with Crippen LogP contribution in [-0.2, 0) is 35.5 Å². The maximum atomic E-state index is 13.5. The van der Waals surface area contributed by atoms with E-state index in [2.05, 4.69) is 81.1 Å². The van der Waals surface area contributed by atoms with Crippen LogP contribution < -0.4 is 15.5 Å². The molecule has 7 nitrogen and oxygen atoms in total. The second kappa shape index (κ2) is 15.3. The predicted molar refractivity (Wildman–Crippen MR) is 179 cm³/mol. The fraction of sp³-hybridized carbons (Fsp3) is 0.429. The van der Waals surface area contributed by atoms with Gasteiger partial charge in [-0.05, 0) is 66.1 Å². The van der Waals surface area contributed by atoms with Crippen molar-refractivity contribution in [3.63, 3.8) is 0 Å². The molecular formula is C35H43Cl2N5O2.